The Morgan fingerprint density at radius 2 is 2.10 bits per heavy atom. The average Bonchev–Trinajstić information content (AvgIpc) is 2.45. The monoisotopic (exact) mass is 293 g/mol. The molecule has 21 heavy (non-hydrogen) atoms. The van der Waals surface area contributed by atoms with Crippen LogP contribution < -0.4 is 0 Å². The van der Waals surface area contributed by atoms with Crippen molar-refractivity contribution in [3.63, 3.8) is 0 Å². The molecule has 1 N–H and O–H groups in total. The van der Waals surface area contributed by atoms with Crippen LogP contribution in [0.3, 0.4) is 0 Å². The molecule has 0 bridgehead atoms. The lowest BCUT2D eigenvalue weighted by Crippen LogP contribution is -2.24. The summed E-state index contributed by atoms with van der Waals surface area (Å²) >= 11 is 0. The molecule has 1 aromatic carbocycles. The number of rotatable bonds is 2. The molecule has 0 fully saturated rings. The lowest BCUT2D eigenvalue weighted by Gasteiger charge is -2.25. The van der Waals surface area contributed by atoms with Crippen LogP contribution in [0.2, 0.25) is 0 Å². The lowest BCUT2D eigenvalue weighted by atomic mass is 9.88. The summed E-state index contributed by atoms with van der Waals surface area (Å²) in [6, 6.07) is 1.84. The zero-order valence-electron chi connectivity index (χ0n) is 11.3. The predicted octanol–water partition coefficient (Wildman–Crippen LogP) is 2.71. The Kier molecular flexibility index (Phi) is 3.33. The molecule has 4 nitrogen and oxygen atoms in total. The molecule has 1 unspecified atom stereocenters. The van der Waals surface area contributed by atoms with Gasteiger partial charge in [0.25, 0.3) is 0 Å². The Morgan fingerprint density at radius 1 is 1.38 bits per heavy atom. The standard InChI is InChI=1S/C15H13F2NO3/c1-21-7-2-3-12-8(4-7)14(15(19)20)9-5-10(16)11(17)6-13(9)18-12/h5-7H,2-4H2,1H3,(H,19,20). The molecule has 0 saturated carbocycles. The van der Waals surface area contributed by atoms with Gasteiger partial charge >= 0.3 is 5.97 Å². The van der Waals surface area contributed by atoms with Crippen LogP contribution in [0.15, 0.2) is 12.1 Å². The van der Waals surface area contributed by atoms with Crippen molar-refractivity contribution in [1.29, 1.82) is 0 Å². The number of aromatic carboxylic acids is 1. The highest BCUT2D eigenvalue weighted by Gasteiger charge is 2.27. The number of fused-ring (bicyclic) bond motifs is 2. The Balaban J connectivity index is 2.32. The second-order valence-electron chi connectivity index (χ2n) is 5.10. The van der Waals surface area contributed by atoms with Gasteiger partial charge in [-0.15, -0.1) is 0 Å². The minimum atomic E-state index is -1.17. The van der Waals surface area contributed by atoms with Gasteiger partial charge in [-0.3, -0.25) is 4.98 Å². The highest BCUT2D eigenvalue weighted by Crippen LogP contribution is 2.31. The molecule has 2 aromatic rings. The van der Waals surface area contributed by atoms with Crippen LogP contribution in [0.1, 0.15) is 28.0 Å². The van der Waals surface area contributed by atoms with E-state index in [1.54, 1.807) is 7.11 Å². The molecule has 110 valence electrons. The summed E-state index contributed by atoms with van der Waals surface area (Å²) in [5.74, 6) is -3.27. The maximum Gasteiger partial charge on any atom is 0.336 e. The number of ether oxygens (including phenoxy) is 1. The number of carbonyl (C=O) groups is 1. The van der Waals surface area contributed by atoms with Gasteiger partial charge in [0.05, 0.1) is 17.2 Å². The number of methoxy groups -OCH3 is 1. The SMILES string of the molecule is COC1CCc2nc3cc(F)c(F)cc3c(C(=O)O)c2C1. The van der Waals surface area contributed by atoms with Gasteiger partial charge in [-0.05, 0) is 24.5 Å². The number of carboxylic acid groups (broad SMARTS) is 1. The second-order valence-corrected chi connectivity index (χ2v) is 5.10. The largest absolute Gasteiger partial charge is 0.478 e. The average molecular weight is 293 g/mol. The molecule has 6 heteroatoms. The minimum absolute atomic E-state index is 0.00403. The number of halogens is 2. The Labute approximate surface area is 119 Å². The number of aromatic nitrogens is 1. The van der Waals surface area contributed by atoms with Crippen LogP contribution in [-0.2, 0) is 17.6 Å². The summed E-state index contributed by atoms with van der Waals surface area (Å²) in [5, 5.41) is 9.60. The van der Waals surface area contributed by atoms with Gasteiger partial charge in [-0.25, -0.2) is 13.6 Å². The molecule has 0 amide bonds. The van der Waals surface area contributed by atoms with Crippen molar-refractivity contribution < 1.29 is 23.4 Å². The Bertz CT molecular complexity index is 746. The van der Waals surface area contributed by atoms with Crippen LogP contribution in [-0.4, -0.2) is 29.3 Å². The predicted molar refractivity (Wildman–Crippen MR) is 71.4 cm³/mol. The van der Waals surface area contributed by atoms with Crippen molar-refractivity contribution in [1.82, 2.24) is 4.98 Å². The van der Waals surface area contributed by atoms with Crippen molar-refractivity contribution in [3.05, 3.63) is 40.6 Å². The van der Waals surface area contributed by atoms with Gasteiger partial charge in [0.2, 0.25) is 0 Å². The van der Waals surface area contributed by atoms with Crippen molar-refractivity contribution in [2.75, 3.05) is 7.11 Å². The molecule has 1 heterocycles. The summed E-state index contributed by atoms with van der Waals surface area (Å²) < 4.78 is 32.1. The first-order valence-electron chi connectivity index (χ1n) is 6.58. The van der Waals surface area contributed by atoms with E-state index >= 15 is 0 Å². The summed E-state index contributed by atoms with van der Waals surface area (Å²) in [6.07, 6.45) is 1.61. The maximum atomic E-state index is 13.4. The molecule has 0 radical (unpaired) electrons. The molecule has 0 spiro atoms. The van der Waals surface area contributed by atoms with Gasteiger partial charge in [0.15, 0.2) is 11.6 Å². The van der Waals surface area contributed by atoms with Crippen LogP contribution in [0, 0.1) is 11.6 Å². The number of hydrogen-bond acceptors (Lipinski definition) is 3. The minimum Gasteiger partial charge on any atom is -0.478 e. The van der Waals surface area contributed by atoms with Gasteiger partial charge < -0.3 is 9.84 Å². The fraction of sp³-hybridized carbons (Fsp3) is 0.333. The molecule has 1 atom stereocenters. The fourth-order valence-corrected chi connectivity index (χ4v) is 2.85. The first kappa shape index (κ1) is 13.9. The quantitative estimate of drug-likeness (QED) is 0.925. The number of aryl methyl sites for hydroxylation is 1. The van der Waals surface area contributed by atoms with E-state index in [9.17, 15) is 18.7 Å². The number of benzene rings is 1. The lowest BCUT2D eigenvalue weighted by molar-refractivity contribution is 0.0690. The van der Waals surface area contributed by atoms with Gasteiger partial charge in [0, 0.05) is 30.7 Å². The summed E-state index contributed by atoms with van der Waals surface area (Å²) in [7, 11) is 1.57. The molecule has 0 saturated heterocycles. The van der Waals surface area contributed by atoms with Crippen LogP contribution >= 0.6 is 0 Å². The van der Waals surface area contributed by atoms with E-state index < -0.39 is 17.6 Å². The van der Waals surface area contributed by atoms with E-state index in [4.69, 9.17) is 4.74 Å². The summed E-state index contributed by atoms with van der Waals surface area (Å²) in [6.45, 7) is 0. The molecule has 1 aromatic heterocycles. The maximum absolute atomic E-state index is 13.4. The van der Waals surface area contributed by atoms with Gasteiger partial charge in [-0.1, -0.05) is 0 Å². The van der Waals surface area contributed by atoms with E-state index in [1.165, 1.54) is 0 Å². The number of nitrogens with zero attached hydrogens (tertiary/aromatic N) is 1. The van der Waals surface area contributed by atoms with E-state index in [1.807, 2.05) is 0 Å². The third-order valence-electron chi connectivity index (χ3n) is 3.90. The molecule has 3 rings (SSSR count). The number of carboxylic acids is 1. The highest BCUT2D eigenvalue weighted by atomic mass is 19.2. The first-order chi connectivity index (χ1) is 10.0. The smallest absolute Gasteiger partial charge is 0.336 e. The number of hydrogen-bond donors (Lipinski definition) is 1. The Hall–Kier alpha value is -2.08. The molecule has 1 aliphatic carbocycles. The summed E-state index contributed by atoms with van der Waals surface area (Å²) in [5.41, 5.74) is 1.34. The zero-order valence-corrected chi connectivity index (χ0v) is 11.3. The van der Waals surface area contributed by atoms with Crippen LogP contribution in [0.25, 0.3) is 10.9 Å². The molecular formula is C15H13F2NO3. The van der Waals surface area contributed by atoms with E-state index in [0.717, 1.165) is 18.6 Å². The van der Waals surface area contributed by atoms with Gasteiger partial charge in [0.1, 0.15) is 0 Å². The van der Waals surface area contributed by atoms with Crippen molar-refractivity contribution in [2.24, 2.45) is 0 Å². The Morgan fingerprint density at radius 3 is 2.76 bits per heavy atom. The topological polar surface area (TPSA) is 59.4 Å². The molecule has 0 aliphatic heterocycles. The van der Waals surface area contributed by atoms with Crippen molar-refractivity contribution in [3.8, 4) is 0 Å². The normalized spacial score (nSPS) is 17.8. The molecular weight excluding hydrogens is 280 g/mol. The molecule has 1 aliphatic rings. The fourth-order valence-electron chi connectivity index (χ4n) is 2.85. The van der Waals surface area contributed by atoms with E-state index in [0.29, 0.717) is 24.1 Å². The zero-order chi connectivity index (χ0) is 15.1. The third-order valence-corrected chi connectivity index (χ3v) is 3.90. The van der Waals surface area contributed by atoms with E-state index in [-0.39, 0.29) is 22.6 Å². The third kappa shape index (κ3) is 2.25. The van der Waals surface area contributed by atoms with E-state index in [2.05, 4.69) is 4.98 Å². The number of pyridine rings is 1. The van der Waals surface area contributed by atoms with Crippen molar-refractivity contribution in [2.45, 2.75) is 25.4 Å². The van der Waals surface area contributed by atoms with Crippen molar-refractivity contribution >= 4 is 16.9 Å². The summed E-state index contributed by atoms with van der Waals surface area (Å²) in [4.78, 5) is 15.9. The van der Waals surface area contributed by atoms with Gasteiger partial charge in [-0.2, -0.15) is 0 Å². The van der Waals surface area contributed by atoms with Crippen LogP contribution in [0.4, 0.5) is 8.78 Å². The second kappa shape index (κ2) is 5.04. The first-order valence-corrected chi connectivity index (χ1v) is 6.58. The van der Waals surface area contributed by atoms with Crippen LogP contribution in [0.5, 0.6) is 0 Å². The highest BCUT2D eigenvalue weighted by molar-refractivity contribution is 6.04.